The Balaban J connectivity index is 1.95. The van der Waals surface area contributed by atoms with Crippen LogP contribution >= 0.6 is 0 Å². The molecule has 0 N–H and O–H groups in total. The maximum atomic E-state index is 12.6. The van der Waals surface area contributed by atoms with Crippen molar-refractivity contribution in [3.8, 4) is 0 Å². The first-order valence-electron chi connectivity index (χ1n) is 7.14. The van der Waals surface area contributed by atoms with Gasteiger partial charge in [-0.25, -0.2) is 4.79 Å². The van der Waals surface area contributed by atoms with E-state index in [0.29, 0.717) is 17.7 Å². The molecule has 5 nitrogen and oxygen atoms in total. The second kappa shape index (κ2) is 5.97. The van der Waals surface area contributed by atoms with Crippen LogP contribution in [0.25, 0.3) is 0 Å². The van der Waals surface area contributed by atoms with Crippen LogP contribution in [-0.4, -0.2) is 30.5 Å². The number of hydrogen-bond donors (Lipinski definition) is 0. The van der Waals surface area contributed by atoms with E-state index < -0.39 is 0 Å². The summed E-state index contributed by atoms with van der Waals surface area (Å²) in [6.45, 7) is 0.672. The zero-order valence-corrected chi connectivity index (χ0v) is 12.3. The van der Waals surface area contributed by atoms with Crippen LogP contribution in [-0.2, 0) is 11.2 Å². The van der Waals surface area contributed by atoms with E-state index in [1.807, 2.05) is 12.1 Å². The minimum Gasteiger partial charge on any atom is -0.465 e. The van der Waals surface area contributed by atoms with Crippen LogP contribution in [0.3, 0.4) is 0 Å². The van der Waals surface area contributed by atoms with Crippen LogP contribution in [0, 0.1) is 0 Å². The van der Waals surface area contributed by atoms with Gasteiger partial charge < -0.3 is 9.64 Å². The molecule has 0 atom stereocenters. The van der Waals surface area contributed by atoms with Gasteiger partial charge in [-0.3, -0.25) is 9.78 Å². The van der Waals surface area contributed by atoms with Crippen molar-refractivity contribution in [2.75, 3.05) is 18.6 Å². The van der Waals surface area contributed by atoms with Crippen LogP contribution in [0.5, 0.6) is 0 Å². The first-order chi connectivity index (χ1) is 10.7. The van der Waals surface area contributed by atoms with Crippen molar-refractivity contribution in [3.63, 3.8) is 0 Å². The molecule has 0 aliphatic carbocycles. The van der Waals surface area contributed by atoms with Crippen LogP contribution < -0.4 is 4.90 Å². The predicted molar refractivity (Wildman–Crippen MR) is 82.0 cm³/mol. The zero-order valence-electron chi connectivity index (χ0n) is 12.3. The number of methoxy groups -OCH3 is 1. The van der Waals surface area contributed by atoms with E-state index >= 15 is 0 Å². The van der Waals surface area contributed by atoms with Crippen LogP contribution in [0.2, 0.25) is 0 Å². The first kappa shape index (κ1) is 14.3. The summed E-state index contributed by atoms with van der Waals surface area (Å²) in [4.78, 5) is 30.0. The Morgan fingerprint density at radius 2 is 1.91 bits per heavy atom. The third-order valence-corrected chi connectivity index (χ3v) is 3.79. The Morgan fingerprint density at radius 1 is 1.14 bits per heavy atom. The average Bonchev–Trinajstić information content (AvgIpc) is 2.60. The molecule has 1 aromatic heterocycles. The number of hydrogen-bond acceptors (Lipinski definition) is 4. The Bertz CT molecular complexity index is 713. The highest BCUT2D eigenvalue weighted by Gasteiger charge is 2.24. The second-order valence-electron chi connectivity index (χ2n) is 5.13. The average molecular weight is 296 g/mol. The zero-order chi connectivity index (χ0) is 15.5. The number of amides is 1. The SMILES string of the molecule is COC(=O)c1ccc2c(c1)CCCN2C(=O)c1ccncc1. The standard InChI is InChI=1S/C17H16N2O3/c1-22-17(21)14-4-5-15-13(11-14)3-2-10-19(15)16(20)12-6-8-18-9-7-12/h4-9,11H,2-3,10H2,1H3. The Labute approximate surface area is 128 Å². The molecule has 1 amide bonds. The summed E-state index contributed by atoms with van der Waals surface area (Å²) < 4.78 is 4.74. The van der Waals surface area contributed by atoms with E-state index in [-0.39, 0.29) is 11.9 Å². The summed E-state index contributed by atoms with van der Waals surface area (Å²) in [5.74, 6) is -0.408. The number of carbonyl (C=O) groups is 2. The number of rotatable bonds is 2. The van der Waals surface area contributed by atoms with Crippen LogP contribution in [0.4, 0.5) is 5.69 Å². The molecule has 112 valence electrons. The molecule has 0 fully saturated rings. The van der Waals surface area contributed by atoms with Gasteiger partial charge in [0.15, 0.2) is 0 Å². The number of carbonyl (C=O) groups excluding carboxylic acids is 2. The van der Waals surface area contributed by atoms with E-state index in [2.05, 4.69) is 4.98 Å². The van der Waals surface area contributed by atoms with Crippen molar-refractivity contribution < 1.29 is 14.3 Å². The highest BCUT2D eigenvalue weighted by Crippen LogP contribution is 2.29. The third-order valence-electron chi connectivity index (χ3n) is 3.79. The largest absolute Gasteiger partial charge is 0.465 e. The Hall–Kier alpha value is -2.69. The van der Waals surface area contributed by atoms with Crippen molar-refractivity contribution in [2.24, 2.45) is 0 Å². The lowest BCUT2D eigenvalue weighted by molar-refractivity contribution is 0.0600. The highest BCUT2D eigenvalue weighted by atomic mass is 16.5. The van der Waals surface area contributed by atoms with Crippen LogP contribution in [0.15, 0.2) is 42.7 Å². The number of pyridine rings is 1. The molecule has 0 unspecified atom stereocenters. The number of ether oxygens (including phenoxy) is 1. The van der Waals surface area contributed by atoms with E-state index in [9.17, 15) is 9.59 Å². The molecule has 3 rings (SSSR count). The summed E-state index contributed by atoms with van der Waals surface area (Å²) in [5, 5.41) is 0. The molecule has 1 aromatic carbocycles. The molecule has 2 heterocycles. The maximum Gasteiger partial charge on any atom is 0.337 e. The van der Waals surface area contributed by atoms with Gasteiger partial charge in [0, 0.05) is 30.2 Å². The number of nitrogens with zero attached hydrogens (tertiary/aromatic N) is 2. The second-order valence-corrected chi connectivity index (χ2v) is 5.13. The van der Waals surface area contributed by atoms with Crippen molar-refractivity contribution >= 4 is 17.6 Å². The molecule has 22 heavy (non-hydrogen) atoms. The number of aryl methyl sites for hydroxylation is 1. The molecule has 1 aliphatic heterocycles. The van der Waals surface area contributed by atoms with Gasteiger partial charge in [0.05, 0.1) is 12.7 Å². The molecule has 0 spiro atoms. The van der Waals surface area contributed by atoms with Gasteiger partial charge in [-0.2, -0.15) is 0 Å². The van der Waals surface area contributed by atoms with Crippen molar-refractivity contribution in [1.82, 2.24) is 4.98 Å². The molecule has 0 bridgehead atoms. The number of aromatic nitrogens is 1. The number of anilines is 1. The molecule has 1 aliphatic rings. The molecule has 0 saturated heterocycles. The van der Waals surface area contributed by atoms with Crippen molar-refractivity contribution in [2.45, 2.75) is 12.8 Å². The monoisotopic (exact) mass is 296 g/mol. The highest BCUT2D eigenvalue weighted by molar-refractivity contribution is 6.07. The van der Waals surface area contributed by atoms with Gasteiger partial charge in [-0.05, 0) is 48.7 Å². The van der Waals surface area contributed by atoms with E-state index in [1.165, 1.54) is 7.11 Å². The maximum absolute atomic E-state index is 12.6. The van der Waals surface area contributed by atoms with Gasteiger partial charge >= 0.3 is 5.97 Å². The number of benzene rings is 1. The third kappa shape index (κ3) is 2.57. The number of fused-ring (bicyclic) bond motifs is 1. The first-order valence-corrected chi connectivity index (χ1v) is 7.14. The molecule has 0 radical (unpaired) electrons. The summed E-state index contributed by atoms with van der Waals surface area (Å²) >= 11 is 0. The summed E-state index contributed by atoms with van der Waals surface area (Å²) in [6.07, 6.45) is 4.94. The quantitative estimate of drug-likeness (QED) is 0.799. The summed E-state index contributed by atoms with van der Waals surface area (Å²) in [7, 11) is 1.36. The Kier molecular flexibility index (Phi) is 3.87. The molecule has 0 saturated carbocycles. The van der Waals surface area contributed by atoms with Gasteiger partial charge in [0.1, 0.15) is 0 Å². The van der Waals surface area contributed by atoms with Gasteiger partial charge in [0.25, 0.3) is 5.91 Å². The molecule has 5 heteroatoms. The van der Waals surface area contributed by atoms with Crippen molar-refractivity contribution in [3.05, 3.63) is 59.4 Å². The topological polar surface area (TPSA) is 59.5 Å². The van der Waals surface area contributed by atoms with Crippen LogP contribution in [0.1, 0.15) is 32.7 Å². The van der Waals surface area contributed by atoms with E-state index in [4.69, 9.17) is 4.74 Å². The fourth-order valence-electron chi connectivity index (χ4n) is 2.70. The normalized spacial score (nSPS) is 13.4. The fourth-order valence-corrected chi connectivity index (χ4v) is 2.70. The molecular weight excluding hydrogens is 280 g/mol. The molecule has 2 aromatic rings. The fraction of sp³-hybridized carbons (Fsp3) is 0.235. The number of esters is 1. The van der Waals surface area contributed by atoms with E-state index in [1.54, 1.807) is 35.5 Å². The minimum atomic E-state index is -0.361. The summed E-state index contributed by atoms with van der Waals surface area (Å²) in [5.41, 5.74) is 2.98. The lowest BCUT2D eigenvalue weighted by atomic mass is 9.98. The van der Waals surface area contributed by atoms with Crippen molar-refractivity contribution in [1.29, 1.82) is 0 Å². The van der Waals surface area contributed by atoms with Gasteiger partial charge in [-0.15, -0.1) is 0 Å². The molecular formula is C17H16N2O3. The van der Waals surface area contributed by atoms with Gasteiger partial charge in [-0.1, -0.05) is 0 Å². The lowest BCUT2D eigenvalue weighted by Crippen LogP contribution is -2.35. The Morgan fingerprint density at radius 3 is 2.64 bits per heavy atom. The van der Waals surface area contributed by atoms with E-state index in [0.717, 1.165) is 24.1 Å². The lowest BCUT2D eigenvalue weighted by Gasteiger charge is -2.29. The summed E-state index contributed by atoms with van der Waals surface area (Å²) in [6, 6.07) is 8.74. The smallest absolute Gasteiger partial charge is 0.337 e. The predicted octanol–water partition coefficient (Wildman–Crippen LogP) is 2.46. The minimum absolute atomic E-state index is 0.0471. The van der Waals surface area contributed by atoms with Gasteiger partial charge in [0.2, 0.25) is 0 Å².